The molecule has 0 radical (unpaired) electrons. The first kappa shape index (κ1) is 24.1. The van der Waals surface area contributed by atoms with Gasteiger partial charge in [-0.05, 0) is 37.7 Å². The van der Waals surface area contributed by atoms with Gasteiger partial charge in [0.15, 0.2) is 5.96 Å². The fraction of sp³-hybridized carbons (Fsp3) is 0.619. The van der Waals surface area contributed by atoms with Crippen LogP contribution in [0.15, 0.2) is 35.3 Å². The molecule has 1 aromatic rings. The molecule has 1 saturated heterocycles. The van der Waals surface area contributed by atoms with Crippen molar-refractivity contribution in [2.24, 2.45) is 4.99 Å². The number of para-hydroxylation sites is 1. The van der Waals surface area contributed by atoms with Crippen LogP contribution in [-0.4, -0.2) is 74.1 Å². The molecule has 0 bridgehead atoms. The quantitative estimate of drug-likeness (QED) is 0.336. The molecule has 1 heterocycles. The molecular weight excluding hydrogens is 497 g/mol. The Bertz CT molecular complexity index is 652. The molecule has 162 valence electrons. The van der Waals surface area contributed by atoms with Gasteiger partial charge in [-0.25, -0.2) is 0 Å². The summed E-state index contributed by atoms with van der Waals surface area (Å²) < 4.78 is 0. The number of aliphatic imine (C=N–C) groups is 1. The van der Waals surface area contributed by atoms with Crippen molar-refractivity contribution in [1.82, 2.24) is 15.5 Å². The molecular formula is C21H34IN5OS. The third-order valence-corrected chi connectivity index (χ3v) is 6.76. The van der Waals surface area contributed by atoms with Crippen LogP contribution in [0, 0.1) is 0 Å². The van der Waals surface area contributed by atoms with Crippen LogP contribution in [0.2, 0.25) is 0 Å². The first-order valence-corrected chi connectivity index (χ1v) is 11.6. The lowest BCUT2D eigenvalue weighted by Crippen LogP contribution is -2.49. The standard InChI is InChI=1S/C21H33N5OS.HI/c1-22-21(24-17-8-9-19(16-17)28-2)23-11-10-20(27)26-14-12-25(13-15-26)18-6-4-3-5-7-18;/h3-7,17,19H,8-16H2,1-2H3,(H2,22,23,24);1H. The van der Waals surface area contributed by atoms with E-state index in [1.165, 1.54) is 24.9 Å². The first-order valence-electron chi connectivity index (χ1n) is 10.3. The minimum absolute atomic E-state index is 0. The second kappa shape index (κ2) is 12.5. The summed E-state index contributed by atoms with van der Waals surface area (Å²) in [4.78, 5) is 21.2. The third kappa shape index (κ3) is 7.24. The SMILES string of the molecule is CN=C(NCCC(=O)N1CCN(c2ccccc2)CC1)NC1CCC(SC)C1.I. The molecule has 0 aromatic heterocycles. The van der Waals surface area contributed by atoms with Gasteiger partial charge in [0.2, 0.25) is 5.91 Å². The van der Waals surface area contributed by atoms with E-state index in [0.717, 1.165) is 37.4 Å². The number of guanidine groups is 1. The predicted molar refractivity (Wildman–Crippen MR) is 135 cm³/mol. The number of piperazine rings is 1. The van der Waals surface area contributed by atoms with Gasteiger partial charge >= 0.3 is 0 Å². The van der Waals surface area contributed by atoms with Crippen molar-refractivity contribution in [2.75, 3.05) is 50.9 Å². The number of carbonyl (C=O) groups is 1. The van der Waals surface area contributed by atoms with E-state index in [-0.39, 0.29) is 29.9 Å². The number of nitrogens with zero attached hydrogens (tertiary/aromatic N) is 3. The molecule has 1 aliphatic heterocycles. The zero-order chi connectivity index (χ0) is 19.8. The van der Waals surface area contributed by atoms with Gasteiger partial charge in [-0.3, -0.25) is 9.79 Å². The first-order chi connectivity index (χ1) is 13.7. The van der Waals surface area contributed by atoms with Crippen molar-refractivity contribution in [3.8, 4) is 0 Å². The molecule has 2 aliphatic rings. The predicted octanol–water partition coefficient (Wildman–Crippen LogP) is 2.79. The highest BCUT2D eigenvalue weighted by atomic mass is 127. The second-order valence-corrected chi connectivity index (χ2v) is 8.60. The number of rotatable bonds is 6. The lowest BCUT2D eigenvalue weighted by atomic mass is 10.2. The lowest BCUT2D eigenvalue weighted by molar-refractivity contribution is -0.131. The molecule has 2 N–H and O–H groups in total. The summed E-state index contributed by atoms with van der Waals surface area (Å²) in [7, 11) is 1.79. The van der Waals surface area contributed by atoms with Gasteiger partial charge in [-0.2, -0.15) is 11.8 Å². The van der Waals surface area contributed by atoms with Crippen molar-refractivity contribution >= 4 is 53.3 Å². The van der Waals surface area contributed by atoms with Gasteiger partial charge in [0.05, 0.1) is 0 Å². The maximum Gasteiger partial charge on any atom is 0.224 e. The number of hydrogen-bond donors (Lipinski definition) is 2. The van der Waals surface area contributed by atoms with Crippen LogP contribution >= 0.6 is 35.7 Å². The number of halogens is 1. The van der Waals surface area contributed by atoms with Crippen LogP contribution in [0.1, 0.15) is 25.7 Å². The molecule has 1 aliphatic carbocycles. The van der Waals surface area contributed by atoms with Crippen LogP contribution in [0.25, 0.3) is 0 Å². The third-order valence-electron chi connectivity index (χ3n) is 5.67. The van der Waals surface area contributed by atoms with Crippen molar-refractivity contribution in [2.45, 2.75) is 37.0 Å². The van der Waals surface area contributed by atoms with E-state index >= 15 is 0 Å². The highest BCUT2D eigenvalue weighted by Crippen LogP contribution is 2.28. The van der Waals surface area contributed by atoms with Crippen LogP contribution in [-0.2, 0) is 4.79 Å². The topological polar surface area (TPSA) is 60.0 Å². The van der Waals surface area contributed by atoms with E-state index < -0.39 is 0 Å². The number of hydrogen-bond acceptors (Lipinski definition) is 4. The van der Waals surface area contributed by atoms with Gasteiger partial charge < -0.3 is 20.4 Å². The van der Waals surface area contributed by atoms with Crippen molar-refractivity contribution in [3.05, 3.63) is 30.3 Å². The Balaban J connectivity index is 0.00000300. The fourth-order valence-corrected chi connectivity index (χ4v) is 4.77. The largest absolute Gasteiger partial charge is 0.368 e. The second-order valence-electron chi connectivity index (χ2n) is 7.46. The minimum atomic E-state index is 0. The Labute approximate surface area is 196 Å². The summed E-state index contributed by atoms with van der Waals surface area (Å²) in [6, 6.07) is 10.9. The maximum atomic E-state index is 12.5. The number of carbonyl (C=O) groups excluding carboxylic acids is 1. The minimum Gasteiger partial charge on any atom is -0.368 e. The smallest absolute Gasteiger partial charge is 0.224 e. The Morgan fingerprint density at radius 3 is 2.52 bits per heavy atom. The van der Waals surface area contributed by atoms with E-state index in [1.807, 2.05) is 22.7 Å². The van der Waals surface area contributed by atoms with Crippen molar-refractivity contribution in [1.29, 1.82) is 0 Å². The molecule has 2 atom stereocenters. The molecule has 29 heavy (non-hydrogen) atoms. The molecule has 8 heteroatoms. The number of benzene rings is 1. The summed E-state index contributed by atoms with van der Waals surface area (Å²) in [5.41, 5.74) is 1.24. The van der Waals surface area contributed by atoms with Gasteiger partial charge in [0, 0.05) is 63.2 Å². The fourth-order valence-electron chi connectivity index (χ4n) is 3.97. The Morgan fingerprint density at radius 1 is 1.17 bits per heavy atom. The summed E-state index contributed by atoms with van der Waals surface area (Å²) in [5, 5.41) is 7.57. The molecule has 1 aromatic carbocycles. The van der Waals surface area contributed by atoms with Gasteiger partial charge in [-0.15, -0.1) is 24.0 Å². The van der Waals surface area contributed by atoms with E-state index in [0.29, 0.717) is 19.0 Å². The monoisotopic (exact) mass is 531 g/mol. The van der Waals surface area contributed by atoms with Crippen LogP contribution < -0.4 is 15.5 Å². The summed E-state index contributed by atoms with van der Waals surface area (Å²) in [6.45, 7) is 3.99. The van der Waals surface area contributed by atoms with E-state index in [1.54, 1.807) is 7.05 Å². The molecule has 0 spiro atoms. The summed E-state index contributed by atoms with van der Waals surface area (Å²) in [5.74, 6) is 1.03. The molecule has 2 unspecified atom stereocenters. The zero-order valence-electron chi connectivity index (χ0n) is 17.5. The average molecular weight is 532 g/mol. The van der Waals surface area contributed by atoms with Gasteiger partial charge in [0.1, 0.15) is 0 Å². The number of anilines is 1. The summed E-state index contributed by atoms with van der Waals surface area (Å²) >= 11 is 1.95. The van der Waals surface area contributed by atoms with E-state index in [4.69, 9.17) is 0 Å². The average Bonchev–Trinajstić information content (AvgIpc) is 3.21. The van der Waals surface area contributed by atoms with Gasteiger partial charge in [-0.1, -0.05) is 18.2 Å². The Kier molecular flexibility index (Phi) is 10.4. The maximum absolute atomic E-state index is 12.5. The van der Waals surface area contributed by atoms with Crippen LogP contribution in [0.4, 0.5) is 5.69 Å². The zero-order valence-corrected chi connectivity index (χ0v) is 20.6. The molecule has 3 rings (SSSR count). The van der Waals surface area contributed by atoms with Crippen molar-refractivity contribution < 1.29 is 4.79 Å². The molecule has 2 fully saturated rings. The Morgan fingerprint density at radius 2 is 1.90 bits per heavy atom. The van der Waals surface area contributed by atoms with Crippen molar-refractivity contribution in [3.63, 3.8) is 0 Å². The number of thioether (sulfide) groups is 1. The van der Waals surface area contributed by atoms with Crippen LogP contribution in [0.3, 0.4) is 0 Å². The molecule has 6 nitrogen and oxygen atoms in total. The van der Waals surface area contributed by atoms with E-state index in [9.17, 15) is 4.79 Å². The highest BCUT2D eigenvalue weighted by Gasteiger charge is 2.25. The van der Waals surface area contributed by atoms with Gasteiger partial charge in [0.25, 0.3) is 0 Å². The van der Waals surface area contributed by atoms with Crippen LogP contribution in [0.5, 0.6) is 0 Å². The van der Waals surface area contributed by atoms with E-state index in [2.05, 4.69) is 51.0 Å². The lowest BCUT2D eigenvalue weighted by Gasteiger charge is -2.36. The molecule has 1 saturated carbocycles. The number of amides is 1. The number of nitrogens with one attached hydrogen (secondary N) is 2. The highest BCUT2D eigenvalue weighted by molar-refractivity contribution is 14.0. The Hall–Kier alpha value is -1.16. The molecule has 1 amide bonds. The normalized spacial score (nSPS) is 22.2. The summed E-state index contributed by atoms with van der Waals surface area (Å²) in [6.07, 6.45) is 6.34.